The van der Waals surface area contributed by atoms with E-state index in [4.69, 9.17) is 11.5 Å². The summed E-state index contributed by atoms with van der Waals surface area (Å²) in [5.41, 5.74) is 11.5. The molecule has 1 aliphatic heterocycles. The summed E-state index contributed by atoms with van der Waals surface area (Å²) >= 11 is 0. The Bertz CT molecular complexity index is 486. The summed E-state index contributed by atoms with van der Waals surface area (Å²) in [6.45, 7) is 1.57. The SMILES string of the molecule is NCCN1CCCC(C(=O)Nc2ccc(N)nc2)C1=O. The molecule has 0 bridgehead atoms. The van der Waals surface area contributed by atoms with Gasteiger partial charge in [0.25, 0.3) is 0 Å². The van der Waals surface area contributed by atoms with Gasteiger partial charge in [0.2, 0.25) is 11.8 Å². The number of carbonyl (C=O) groups is 2. The Morgan fingerprint density at radius 1 is 1.50 bits per heavy atom. The number of piperidine rings is 1. The molecule has 1 saturated heterocycles. The highest BCUT2D eigenvalue weighted by molar-refractivity contribution is 6.06. The lowest BCUT2D eigenvalue weighted by Crippen LogP contribution is -2.47. The summed E-state index contributed by atoms with van der Waals surface area (Å²) < 4.78 is 0. The average Bonchev–Trinajstić information content (AvgIpc) is 2.44. The van der Waals surface area contributed by atoms with Crippen molar-refractivity contribution in [3.8, 4) is 0 Å². The number of nitrogens with one attached hydrogen (secondary N) is 1. The van der Waals surface area contributed by atoms with Crippen molar-refractivity contribution in [1.29, 1.82) is 0 Å². The van der Waals surface area contributed by atoms with E-state index in [1.54, 1.807) is 17.0 Å². The number of nitrogen functional groups attached to an aromatic ring is 1. The molecule has 2 heterocycles. The molecule has 1 fully saturated rings. The topological polar surface area (TPSA) is 114 Å². The third kappa shape index (κ3) is 3.24. The van der Waals surface area contributed by atoms with Crippen molar-refractivity contribution in [3.05, 3.63) is 18.3 Å². The van der Waals surface area contributed by atoms with Crippen LogP contribution in [0.5, 0.6) is 0 Å². The Kier molecular flexibility index (Phi) is 4.52. The summed E-state index contributed by atoms with van der Waals surface area (Å²) in [4.78, 5) is 29.9. The molecule has 2 rings (SSSR count). The van der Waals surface area contributed by atoms with Crippen molar-refractivity contribution >= 4 is 23.3 Å². The molecule has 1 unspecified atom stereocenters. The number of rotatable bonds is 4. The number of likely N-dealkylation sites (tertiary alicyclic amines) is 1. The molecule has 7 nitrogen and oxygen atoms in total. The fourth-order valence-corrected chi connectivity index (χ4v) is 2.27. The summed E-state index contributed by atoms with van der Waals surface area (Å²) in [7, 11) is 0. The largest absolute Gasteiger partial charge is 0.384 e. The van der Waals surface area contributed by atoms with Crippen molar-refractivity contribution in [1.82, 2.24) is 9.88 Å². The minimum absolute atomic E-state index is 0.150. The molecule has 108 valence electrons. The minimum Gasteiger partial charge on any atom is -0.384 e. The normalized spacial score (nSPS) is 18.9. The monoisotopic (exact) mass is 277 g/mol. The summed E-state index contributed by atoms with van der Waals surface area (Å²) in [6.07, 6.45) is 2.84. The number of nitrogens with two attached hydrogens (primary N) is 2. The van der Waals surface area contributed by atoms with Gasteiger partial charge in [0.15, 0.2) is 0 Å². The zero-order chi connectivity index (χ0) is 14.5. The molecule has 1 aromatic heterocycles. The first kappa shape index (κ1) is 14.3. The molecule has 2 amide bonds. The van der Waals surface area contributed by atoms with Crippen LogP contribution in [0.4, 0.5) is 11.5 Å². The fraction of sp³-hybridized carbons (Fsp3) is 0.462. The van der Waals surface area contributed by atoms with Gasteiger partial charge in [-0.05, 0) is 25.0 Å². The lowest BCUT2D eigenvalue weighted by atomic mass is 9.96. The Balaban J connectivity index is 2.01. The van der Waals surface area contributed by atoms with E-state index in [0.717, 1.165) is 6.42 Å². The Hall–Kier alpha value is -2.15. The highest BCUT2D eigenvalue weighted by atomic mass is 16.2. The third-order valence-corrected chi connectivity index (χ3v) is 3.30. The van der Waals surface area contributed by atoms with Gasteiger partial charge in [0.1, 0.15) is 11.7 Å². The van der Waals surface area contributed by atoms with Crippen LogP contribution < -0.4 is 16.8 Å². The minimum atomic E-state index is -0.646. The van der Waals surface area contributed by atoms with Crippen LogP contribution in [0.3, 0.4) is 0 Å². The Morgan fingerprint density at radius 3 is 2.95 bits per heavy atom. The van der Waals surface area contributed by atoms with E-state index >= 15 is 0 Å². The number of aromatic nitrogens is 1. The van der Waals surface area contributed by atoms with Gasteiger partial charge in [-0.1, -0.05) is 0 Å². The number of anilines is 2. The van der Waals surface area contributed by atoms with Gasteiger partial charge < -0.3 is 21.7 Å². The highest BCUT2D eigenvalue weighted by Gasteiger charge is 2.33. The first-order chi connectivity index (χ1) is 9.61. The van der Waals surface area contributed by atoms with Gasteiger partial charge in [0.05, 0.1) is 11.9 Å². The maximum Gasteiger partial charge on any atom is 0.236 e. The van der Waals surface area contributed by atoms with Gasteiger partial charge in [-0.2, -0.15) is 0 Å². The smallest absolute Gasteiger partial charge is 0.236 e. The quantitative estimate of drug-likeness (QED) is 0.659. The molecule has 1 aromatic rings. The van der Waals surface area contributed by atoms with Crippen molar-refractivity contribution in [3.63, 3.8) is 0 Å². The van der Waals surface area contributed by atoms with Gasteiger partial charge >= 0.3 is 0 Å². The molecule has 1 aliphatic rings. The van der Waals surface area contributed by atoms with Crippen LogP contribution >= 0.6 is 0 Å². The molecule has 0 spiro atoms. The zero-order valence-electron chi connectivity index (χ0n) is 11.2. The van der Waals surface area contributed by atoms with Crippen LogP contribution in [0.15, 0.2) is 18.3 Å². The van der Waals surface area contributed by atoms with Gasteiger partial charge in [-0.3, -0.25) is 9.59 Å². The molecule has 20 heavy (non-hydrogen) atoms. The number of hydrogen-bond acceptors (Lipinski definition) is 5. The molecular formula is C13H19N5O2. The number of amides is 2. The Labute approximate surface area is 117 Å². The van der Waals surface area contributed by atoms with E-state index < -0.39 is 5.92 Å². The third-order valence-electron chi connectivity index (χ3n) is 3.30. The number of pyridine rings is 1. The second-order valence-electron chi connectivity index (χ2n) is 4.77. The van der Waals surface area contributed by atoms with E-state index in [2.05, 4.69) is 10.3 Å². The predicted octanol–water partition coefficient (Wildman–Crippen LogP) is -0.200. The highest BCUT2D eigenvalue weighted by Crippen LogP contribution is 2.20. The Morgan fingerprint density at radius 2 is 2.30 bits per heavy atom. The first-order valence-corrected chi connectivity index (χ1v) is 6.63. The molecule has 0 aromatic carbocycles. The lowest BCUT2D eigenvalue weighted by molar-refractivity contribution is -0.143. The van der Waals surface area contributed by atoms with Crippen LogP contribution in [-0.2, 0) is 9.59 Å². The van der Waals surface area contributed by atoms with Crippen LogP contribution in [0.1, 0.15) is 12.8 Å². The zero-order valence-corrected chi connectivity index (χ0v) is 11.2. The fourth-order valence-electron chi connectivity index (χ4n) is 2.27. The van der Waals surface area contributed by atoms with Crippen LogP contribution in [0.25, 0.3) is 0 Å². The van der Waals surface area contributed by atoms with E-state index in [1.165, 1.54) is 6.20 Å². The number of nitrogens with zero attached hydrogens (tertiary/aromatic N) is 2. The van der Waals surface area contributed by atoms with Gasteiger partial charge in [-0.25, -0.2) is 4.98 Å². The summed E-state index contributed by atoms with van der Waals surface area (Å²) in [5, 5.41) is 2.70. The molecule has 0 saturated carbocycles. The molecule has 0 radical (unpaired) electrons. The molecule has 7 heteroatoms. The van der Waals surface area contributed by atoms with Crippen molar-refractivity contribution in [2.45, 2.75) is 12.8 Å². The van der Waals surface area contributed by atoms with E-state index in [-0.39, 0.29) is 11.8 Å². The molecular weight excluding hydrogens is 258 g/mol. The van der Waals surface area contributed by atoms with Crippen molar-refractivity contribution < 1.29 is 9.59 Å². The summed E-state index contributed by atoms with van der Waals surface area (Å²) in [6, 6.07) is 3.25. The molecule has 0 aliphatic carbocycles. The van der Waals surface area contributed by atoms with Crippen molar-refractivity contribution in [2.75, 3.05) is 30.7 Å². The molecule has 1 atom stereocenters. The second kappa shape index (κ2) is 6.33. The predicted molar refractivity (Wildman–Crippen MR) is 75.6 cm³/mol. The second-order valence-corrected chi connectivity index (χ2v) is 4.77. The van der Waals surface area contributed by atoms with Gasteiger partial charge in [-0.15, -0.1) is 0 Å². The number of hydrogen-bond donors (Lipinski definition) is 3. The van der Waals surface area contributed by atoms with Crippen molar-refractivity contribution in [2.24, 2.45) is 11.7 Å². The number of carbonyl (C=O) groups excluding carboxylic acids is 2. The van der Waals surface area contributed by atoms with Crippen LogP contribution in [0.2, 0.25) is 0 Å². The maximum atomic E-state index is 12.2. The molecule has 5 N–H and O–H groups in total. The van der Waals surface area contributed by atoms with Crippen LogP contribution in [0, 0.1) is 5.92 Å². The lowest BCUT2D eigenvalue weighted by Gasteiger charge is -2.31. The maximum absolute atomic E-state index is 12.2. The van der Waals surface area contributed by atoms with E-state index in [0.29, 0.717) is 37.6 Å². The van der Waals surface area contributed by atoms with Crippen LogP contribution in [-0.4, -0.2) is 41.3 Å². The van der Waals surface area contributed by atoms with E-state index in [1.807, 2.05) is 0 Å². The first-order valence-electron chi connectivity index (χ1n) is 6.63. The van der Waals surface area contributed by atoms with Gasteiger partial charge in [0, 0.05) is 19.6 Å². The average molecular weight is 277 g/mol. The summed E-state index contributed by atoms with van der Waals surface area (Å²) in [5.74, 6) is -0.718. The standard InChI is InChI=1S/C13H19N5O2/c14-5-7-18-6-1-2-10(13(18)20)12(19)17-9-3-4-11(15)16-8-9/h3-4,8,10H,1-2,5-7,14H2,(H2,15,16)(H,17,19). The van der Waals surface area contributed by atoms with E-state index in [9.17, 15) is 9.59 Å².